The maximum Gasteiger partial charge on any atom is 0.126 e. The zero-order valence-corrected chi connectivity index (χ0v) is 11.5. The standard InChI is InChI=1S/C17H18FNO/c1-20-17-9-6-13(18)10-16(17)15-5-3-2-4-12(15)11-19-14-7-8-14/h2-6,9-10,14,19H,7-8,11H2,1H3. The highest BCUT2D eigenvalue weighted by atomic mass is 19.1. The van der Waals surface area contributed by atoms with E-state index in [2.05, 4.69) is 11.4 Å². The molecule has 1 fully saturated rings. The van der Waals surface area contributed by atoms with Crippen LogP contribution >= 0.6 is 0 Å². The maximum absolute atomic E-state index is 13.6. The van der Waals surface area contributed by atoms with Crippen LogP contribution in [0.15, 0.2) is 42.5 Å². The number of nitrogens with one attached hydrogen (secondary N) is 1. The summed E-state index contributed by atoms with van der Waals surface area (Å²) < 4.78 is 18.9. The molecule has 0 saturated heterocycles. The number of ether oxygens (including phenoxy) is 1. The van der Waals surface area contributed by atoms with E-state index in [1.807, 2.05) is 18.2 Å². The van der Waals surface area contributed by atoms with Gasteiger partial charge in [-0.25, -0.2) is 4.39 Å². The predicted molar refractivity (Wildman–Crippen MR) is 78.2 cm³/mol. The quantitative estimate of drug-likeness (QED) is 0.894. The summed E-state index contributed by atoms with van der Waals surface area (Å²) in [5, 5.41) is 3.50. The number of methoxy groups -OCH3 is 1. The first-order chi connectivity index (χ1) is 9.78. The largest absolute Gasteiger partial charge is 0.496 e. The van der Waals surface area contributed by atoms with Gasteiger partial charge in [-0.15, -0.1) is 0 Å². The van der Waals surface area contributed by atoms with Gasteiger partial charge in [-0.05, 0) is 42.2 Å². The molecule has 0 bridgehead atoms. The summed E-state index contributed by atoms with van der Waals surface area (Å²) in [5.41, 5.74) is 3.00. The van der Waals surface area contributed by atoms with Gasteiger partial charge in [0.25, 0.3) is 0 Å². The summed E-state index contributed by atoms with van der Waals surface area (Å²) in [5.74, 6) is 0.455. The van der Waals surface area contributed by atoms with Crippen LogP contribution in [-0.2, 0) is 6.54 Å². The average Bonchev–Trinajstić information content (AvgIpc) is 3.29. The van der Waals surface area contributed by atoms with Gasteiger partial charge < -0.3 is 10.1 Å². The Balaban J connectivity index is 1.97. The molecule has 1 aliphatic rings. The molecule has 0 unspecified atom stereocenters. The lowest BCUT2D eigenvalue weighted by Crippen LogP contribution is -2.15. The van der Waals surface area contributed by atoms with Crippen LogP contribution in [-0.4, -0.2) is 13.2 Å². The lowest BCUT2D eigenvalue weighted by Gasteiger charge is -2.13. The molecule has 0 aromatic heterocycles. The first-order valence-electron chi connectivity index (χ1n) is 6.93. The molecule has 0 radical (unpaired) electrons. The van der Waals surface area contributed by atoms with Crippen molar-refractivity contribution in [3.63, 3.8) is 0 Å². The fraction of sp³-hybridized carbons (Fsp3) is 0.294. The monoisotopic (exact) mass is 271 g/mol. The normalized spacial score (nSPS) is 14.3. The minimum atomic E-state index is -0.245. The van der Waals surface area contributed by atoms with Crippen LogP contribution in [0.1, 0.15) is 18.4 Å². The van der Waals surface area contributed by atoms with Gasteiger partial charge in [0.2, 0.25) is 0 Å². The van der Waals surface area contributed by atoms with Crippen LogP contribution in [0.3, 0.4) is 0 Å². The molecular weight excluding hydrogens is 253 g/mol. The van der Waals surface area contributed by atoms with Crippen LogP contribution in [0, 0.1) is 5.82 Å². The Labute approximate surface area is 118 Å². The van der Waals surface area contributed by atoms with Crippen molar-refractivity contribution in [2.45, 2.75) is 25.4 Å². The van der Waals surface area contributed by atoms with Crippen LogP contribution in [0.4, 0.5) is 4.39 Å². The van der Waals surface area contributed by atoms with Crippen molar-refractivity contribution in [2.75, 3.05) is 7.11 Å². The Kier molecular flexibility index (Phi) is 3.70. The van der Waals surface area contributed by atoms with Crippen LogP contribution in [0.2, 0.25) is 0 Å². The van der Waals surface area contributed by atoms with Crippen molar-refractivity contribution in [1.29, 1.82) is 0 Å². The first-order valence-corrected chi connectivity index (χ1v) is 6.93. The fourth-order valence-electron chi connectivity index (χ4n) is 2.37. The maximum atomic E-state index is 13.6. The summed E-state index contributed by atoms with van der Waals surface area (Å²) in [7, 11) is 1.61. The fourth-order valence-corrected chi connectivity index (χ4v) is 2.37. The Morgan fingerprint density at radius 1 is 1.15 bits per heavy atom. The molecule has 1 N–H and O–H groups in total. The first kappa shape index (κ1) is 13.1. The van der Waals surface area contributed by atoms with Crippen molar-refractivity contribution >= 4 is 0 Å². The second kappa shape index (κ2) is 5.63. The summed E-state index contributed by atoms with van der Waals surface area (Å²) in [6.07, 6.45) is 2.51. The van der Waals surface area contributed by atoms with E-state index < -0.39 is 0 Å². The Morgan fingerprint density at radius 3 is 2.70 bits per heavy atom. The molecule has 2 aromatic rings. The lowest BCUT2D eigenvalue weighted by molar-refractivity contribution is 0.415. The molecule has 0 heterocycles. The van der Waals surface area contributed by atoms with E-state index >= 15 is 0 Å². The summed E-state index contributed by atoms with van der Waals surface area (Å²) in [6, 6.07) is 13.4. The zero-order chi connectivity index (χ0) is 13.9. The van der Waals surface area contributed by atoms with Crippen LogP contribution in [0.5, 0.6) is 5.75 Å². The minimum absolute atomic E-state index is 0.245. The molecule has 0 aliphatic heterocycles. The smallest absolute Gasteiger partial charge is 0.126 e. The Bertz CT molecular complexity index is 608. The van der Waals surface area contributed by atoms with E-state index in [4.69, 9.17) is 4.74 Å². The summed E-state index contributed by atoms with van der Waals surface area (Å²) in [6.45, 7) is 0.806. The highest BCUT2D eigenvalue weighted by Crippen LogP contribution is 2.33. The van der Waals surface area contributed by atoms with E-state index in [9.17, 15) is 4.39 Å². The molecule has 1 saturated carbocycles. The second-order valence-corrected chi connectivity index (χ2v) is 5.16. The van der Waals surface area contributed by atoms with E-state index in [0.29, 0.717) is 11.8 Å². The number of benzene rings is 2. The van der Waals surface area contributed by atoms with E-state index in [1.54, 1.807) is 13.2 Å². The van der Waals surface area contributed by atoms with Gasteiger partial charge >= 0.3 is 0 Å². The van der Waals surface area contributed by atoms with Gasteiger partial charge in [0.1, 0.15) is 11.6 Å². The van der Waals surface area contributed by atoms with Crippen molar-refractivity contribution in [2.24, 2.45) is 0 Å². The number of halogens is 1. The topological polar surface area (TPSA) is 21.3 Å². The van der Waals surface area contributed by atoms with Crippen molar-refractivity contribution in [3.8, 4) is 16.9 Å². The molecule has 1 aliphatic carbocycles. The zero-order valence-electron chi connectivity index (χ0n) is 11.5. The highest BCUT2D eigenvalue weighted by molar-refractivity contribution is 5.73. The molecular formula is C17H18FNO. The molecule has 104 valence electrons. The van der Waals surface area contributed by atoms with E-state index in [-0.39, 0.29) is 5.82 Å². The van der Waals surface area contributed by atoms with Gasteiger partial charge in [-0.2, -0.15) is 0 Å². The third kappa shape index (κ3) is 2.83. The molecule has 20 heavy (non-hydrogen) atoms. The molecule has 3 heteroatoms. The average molecular weight is 271 g/mol. The van der Waals surface area contributed by atoms with Gasteiger partial charge in [-0.1, -0.05) is 24.3 Å². The van der Waals surface area contributed by atoms with Crippen molar-refractivity contribution < 1.29 is 9.13 Å². The van der Waals surface area contributed by atoms with Crippen LogP contribution in [0.25, 0.3) is 11.1 Å². The lowest BCUT2D eigenvalue weighted by atomic mass is 9.98. The molecule has 2 nitrogen and oxygen atoms in total. The Hall–Kier alpha value is -1.87. The van der Waals surface area contributed by atoms with Gasteiger partial charge in [0.05, 0.1) is 7.11 Å². The van der Waals surface area contributed by atoms with Gasteiger partial charge in [0.15, 0.2) is 0 Å². The minimum Gasteiger partial charge on any atom is -0.496 e. The molecule has 0 amide bonds. The van der Waals surface area contributed by atoms with E-state index in [0.717, 1.165) is 17.7 Å². The van der Waals surface area contributed by atoms with Gasteiger partial charge in [-0.3, -0.25) is 0 Å². The summed E-state index contributed by atoms with van der Waals surface area (Å²) >= 11 is 0. The van der Waals surface area contributed by atoms with Gasteiger partial charge in [0, 0.05) is 18.2 Å². The third-order valence-electron chi connectivity index (χ3n) is 3.63. The molecule has 0 atom stereocenters. The number of hydrogen-bond acceptors (Lipinski definition) is 2. The van der Waals surface area contributed by atoms with E-state index in [1.165, 1.54) is 30.5 Å². The van der Waals surface area contributed by atoms with Crippen LogP contribution < -0.4 is 10.1 Å². The molecule has 0 spiro atoms. The number of rotatable bonds is 5. The molecule has 2 aromatic carbocycles. The van der Waals surface area contributed by atoms with Crippen molar-refractivity contribution in [3.05, 3.63) is 53.8 Å². The number of hydrogen-bond donors (Lipinski definition) is 1. The Morgan fingerprint density at radius 2 is 1.95 bits per heavy atom. The molecule has 3 rings (SSSR count). The summed E-state index contributed by atoms with van der Waals surface area (Å²) in [4.78, 5) is 0. The SMILES string of the molecule is COc1ccc(F)cc1-c1ccccc1CNC1CC1. The predicted octanol–water partition coefficient (Wildman–Crippen LogP) is 3.75. The van der Waals surface area contributed by atoms with Crippen molar-refractivity contribution in [1.82, 2.24) is 5.32 Å². The highest BCUT2D eigenvalue weighted by Gasteiger charge is 2.20. The second-order valence-electron chi connectivity index (χ2n) is 5.16. The third-order valence-corrected chi connectivity index (χ3v) is 3.63.